The van der Waals surface area contributed by atoms with Gasteiger partial charge in [-0.3, -0.25) is 4.90 Å². The van der Waals surface area contributed by atoms with Gasteiger partial charge in [0.25, 0.3) is 0 Å². The first-order chi connectivity index (χ1) is 14.7. The third kappa shape index (κ3) is 5.06. The van der Waals surface area contributed by atoms with Crippen LogP contribution in [0.25, 0.3) is 11.3 Å². The van der Waals surface area contributed by atoms with E-state index < -0.39 is 0 Å². The van der Waals surface area contributed by atoms with E-state index in [4.69, 9.17) is 5.26 Å². The number of aromatic nitrogens is 1. The zero-order valence-corrected chi connectivity index (χ0v) is 17.7. The molecule has 0 bridgehead atoms. The third-order valence-corrected chi connectivity index (χ3v) is 6.42. The van der Waals surface area contributed by atoms with Crippen LogP contribution in [0.4, 0.5) is 10.8 Å². The summed E-state index contributed by atoms with van der Waals surface area (Å²) in [5, 5.41) is 24.7. The van der Waals surface area contributed by atoms with Crippen molar-refractivity contribution in [3.05, 3.63) is 65.0 Å². The predicted molar refractivity (Wildman–Crippen MR) is 122 cm³/mol. The highest BCUT2D eigenvalue weighted by Crippen LogP contribution is 2.27. The van der Waals surface area contributed by atoms with Crippen LogP contribution in [0, 0.1) is 11.3 Å². The zero-order chi connectivity index (χ0) is 20.8. The SMILES string of the molecule is N#Cc1ccc(-c2csc(Nc3ccc(CCN4CCCC[C@@H]4CO)cc3)n2)cc1. The number of benzene rings is 2. The summed E-state index contributed by atoms with van der Waals surface area (Å²) in [6, 6.07) is 18.5. The number of anilines is 2. The number of rotatable bonds is 7. The summed E-state index contributed by atoms with van der Waals surface area (Å²) in [7, 11) is 0. The van der Waals surface area contributed by atoms with E-state index in [1.165, 1.54) is 18.4 Å². The number of nitrogens with zero attached hydrogens (tertiary/aromatic N) is 3. The minimum absolute atomic E-state index is 0.265. The number of hydrogen-bond donors (Lipinski definition) is 2. The fraction of sp³-hybridized carbons (Fsp3) is 0.333. The molecule has 1 aliphatic heterocycles. The van der Waals surface area contributed by atoms with E-state index in [1.54, 1.807) is 11.3 Å². The quantitative estimate of drug-likeness (QED) is 0.576. The van der Waals surface area contributed by atoms with Crippen molar-refractivity contribution in [3.8, 4) is 17.3 Å². The molecule has 0 spiro atoms. The summed E-state index contributed by atoms with van der Waals surface area (Å²) < 4.78 is 0. The molecule has 0 radical (unpaired) electrons. The molecule has 6 heteroatoms. The molecule has 154 valence electrons. The number of nitrogens with one attached hydrogen (secondary N) is 1. The first-order valence-corrected chi connectivity index (χ1v) is 11.3. The summed E-state index contributed by atoms with van der Waals surface area (Å²) in [6.07, 6.45) is 4.57. The van der Waals surface area contributed by atoms with Gasteiger partial charge in [-0.1, -0.05) is 30.7 Å². The number of nitriles is 1. The number of likely N-dealkylation sites (tertiary alicyclic amines) is 1. The fourth-order valence-corrected chi connectivity index (χ4v) is 4.63. The summed E-state index contributed by atoms with van der Waals surface area (Å²) in [5.41, 5.74) is 4.89. The minimum atomic E-state index is 0.265. The van der Waals surface area contributed by atoms with E-state index in [0.29, 0.717) is 11.6 Å². The van der Waals surface area contributed by atoms with Crippen LogP contribution in [-0.2, 0) is 6.42 Å². The maximum atomic E-state index is 9.57. The Morgan fingerprint density at radius 1 is 1.13 bits per heavy atom. The molecule has 0 saturated carbocycles. The first-order valence-electron chi connectivity index (χ1n) is 10.4. The number of hydrogen-bond acceptors (Lipinski definition) is 6. The second-order valence-corrected chi connectivity index (χ2v) is 8.53. The molecular formula is C24H26N4OS. The predicted octanol–water partition coefficient (Wildman–Crippen LogP) is 4.81. The van der Waals surface area contributed by atoms with E-state index in [2.05, 4.69) is 45.5 Å². The average molecular weight is 419 g/mol. The Balaban J connectivity index is 1.33. The van der Waals surface area contributed by atoms with Crippen LogP contribution in [0.1, 0.15) is 30.4 Å². The fourth-order valence-electron chi connectivity index (χ4n) is 3.89. The maximum absolute atomic E-state index is 9.57. The lowest BCUT2D eigenvalue weighted by Gasteiger charge is -2.34. The van der Waals surface area contributed by atoms with E-state index in [0.717, 1.165) is 48.0 Å². The zero-order valence-electron chi connectivity index (χ0n) is 16.9. The molecule has 2 heterocycles. The van der Waals surface area contributed by atoms with Crippen molar-refractivity contribution in [1.82, 2.24) is 9.88 Å². The largest absolute Gasteiger partial charge is 0.395 e. The smallest absolute Gasteiger partial charge is 0.187 e. The van der Waals surface area contributed by atoms with Crippen molar-refractivity contribution >= 4 is 22.2 Å². The molecule has 3 aromatic rings. The molecule has 4 rings (SSSR count). The number of aliphatic hydroxyl groups is 1. The third-order valence-electron chi connectivity index (χ3n) is 5.67. The van der Waals surface area contributed by atoms with Crippen LogP contribution < -0.4 is 5.32 Å². The Hall–Kier alpha value is -2.72. The summed E-state index contributed by atoms with van der Waals surface area (Å²) in [4.78, 5) is 7.09. The Labute approximate surface area is 181 Å². The molecule has 5 nitrogen and oxygen atoms in total. The number of piperidine rings is 1. The molecule has 1 atom stereocenters. The van der Waals surface area contributed by atoms with Gasteiger partial charge in [-0.25, -0.2) is 4.98 Å². The van der Waals surface area contributed by atoms with Gasteiger partial charge in [-0.15, -0.1) is 11.3 Å². The summed E-state index contributed by atoms with van der Waals surface area (Å²) in [6.45, 7) is 2.36. The van der Waals surface area contributed by atoms with Crippen LogP contribution in [0.5, 0.6) is 0 Å². The first kappa shape index (κ1) is 20.5. The van der Waals surface area contributed by atoms with Crippen LogP contribution in [0.15, 0.2) is 53.9 Å². The van der Waals surface area contributed by atoms with Crippen LogP contribution in [0.2, 0.25) is 0 Å². The van der Waals surface area contributed by atoms with Crippen molar-refractivity contribution < 1.29 is 5.11 Å². The van der Waals surface area contributed by atoms with Crippen LogP contribution in [0.3, 0.4) is 0 Å². The van der Waals surface area contributed by atoms with Crippen LogP contribution >= 0.6 is 11.3 Å². The lowest BCUT2D eigenvalue weighted by Crippen LogP contribution is -2.42. The van der Waals surface area contributed by atoms with E-state index in [1.807, 2.05) is 29.6 Å². The Bertz CT molecular complexity index is 991. The van der Waals surface area contributed by atoms with Crippen molar-refractivity contribution in [2.45, 2.75) is 31.7 Å². The molecule has 30 heavy (non-hydrogen) atoms. The van der Waals surface area contributed by atoms with Gasteiger partial charge in [0, 0.05) is 29.2 Å². The second-order valence-electron chi connectivity index (χ2n) is 7.67. The molecule has 0 unspecified atom stereocenters. The van der Waals surface area contributed by atoms with Crippen molar-refractivity contribution in [2.24, 2.45) is 0 Å². The van der Waals surface area contributed by atoms with Crippen molar-refractivity contribution in [3.63, 3.8) is 0 Å². The van der Waals surface area contributed by atoms with Crippen molar-refractivity contribution in [1.29, 1.82) is 5.26 Å². The lowest BCUT2D eigenvalue weighted by atomic mass is 10.0. The molecule has 1 aliphatic rings. The van der Waals surface area contributed by atoms with Gasteiger partial charge in [-0.05, 0) is 55.6 Å². The minimum Gasteiger partial charge on any atom is -0.395 e. The standard InChI is InChI=1S/C24H26N4OS/c25-15-19-4-8-20(9-5-19)23-17-30-24(27-23)26-21-10-6-18(7-11-21)12-14-28-13-2-1-3-22(28)16-29/h4-11,17,22,29H,1-3,12-14,16H2,(H,26,27)/t22-/m1/s1. The molecule has 1 aromatic heterocycles. The van der Waals surface area contributed by atoms with Gasteiger partial charge >= 0.3 is 0 Å². The van der Waals surface area contributed by atoms with Gasteiger partial charge in [0.15, 0.2) is 5.13 Å². The molecule has 1 fully saturated rings. The van der Waals surface area contributed by atoms with Gasteiger partial charge in [0.2, 0.25) is 0 Å². The van der Waals surface area contributed by atoms with Gasteiger partial charge in [0.1, 0.15) is 0 Å². The average Bonchev–Trinajstić information content (AvgIpc) is 3.27. The summed E-state index contributed by atoms with van der Waals surface area (Å²) in [5.74, 6) is 0. The highest BCUT2D eigenvalue weighted by Gasteiger charge is 2.20. The lowest BCUT2D eigenvalue weighted by molar-refractivity contribution is 0.0913. The number of thiazole rings is 1. The normalized spacial score (nSPS) is 16.9. The molecule has 1 saturated heterocycles. The maximum Gasteiger partial charge on any atom is 0.187 e. The number of aliphatic hydroxyl groups excluding tert-OH is 1. The monoisotopic (exact) mass is 418 g/mol. The molecule has 0 amide bonds. The second kappa shape index (κ2) is 9.86. The molecule has 0 aliphatic carbocycles. The Morgan fingerprint density at radius 3 is 2.67 bits per heavy atom. The molecular weight excluding hydrogens is 392 g/mol. The van der Waals surface area contributed by atoms with Gasteiger partial charge in [0.05, 0.1) is 23.9 Å². The highest BCUT2D eigenvalue weighted by atomic mass is 32.1. The van der Waals surface area contributed by atoms with E-state index in [-0.39, 0.29) is 6.61 Å². The topological polar surface area (TPSA) is 72.2 Å². The molecule has 2 N–H and O–H groups in total. The highest BCUT2D eigenvalue weighted by molar-refractivity contribution is 7.14. The summed E-state index contributed by atoms with van der Waals surface area (Å²) >= 11 is 1.57. The Kier molecular flexibility index (Phi) is 6.75. The van der Waals surface area contributed by atoms with Crippen molar-refractivity contribution in [2.75, 3.05) is 25.0 Å². The Morgan fingerprint density at radius 2 is 1.93 bits per heavy atom. The van der Waals surface area contributed by atoms with Crippen LogP contribution in [-0.4, -0.2) is 40.7 Å². The van der Waals surface area contributed by atoms with Gasteiger partial charge < -0.3 is 10.4 Å². The van der Waals surface area contributed by atoms with E-state index in [9.17, 15) is 5.11 Å². The molecule has 2 aromatic carbocycles. The van der Waals surface area contributed by atoms with Gasteiger partial charge in [-0.2, -0.15) is 5.26 Å². The van der Waals surface area contributed by atoms with E-state index >= 15 is 0 Å².